The monoisotopic (exact) mass is 416 g/mol. The Hall–Kier alpha value is -3.54. The molecule has 1 aromatic heterocycles. The topological polar surface area (TPSA) is 71.2 Å². The van der Waals surface area contributed by atoms with Gasteiger partial charge in [0, 0.05) is 12.2 Å². The zero-order valence-corrected chi connectivity index (χ0v) is 16.2. The minimum absolute atomic E-state index is 0.0375. The molecular formula is C21H19F3N4O2. The van der Waals surface area contributed by atoms with Crippen molar-refractivity contribution in [1.29, 1.82) is 5.26 Å². The highest BCUT2D eigenvalue weighted by Crippen LogP contribution is 2.32. The number of fused-ring (bicyclic) bond motifs is 1. The molecule has 0 aliphatic heterocycles. The van der Waals surface area contributed by atoms with E-state index < -0.39 is 24.5 Å². The molecule has 30 heavy (non-hydrogen) atoms. The molecule has 0 saturated heterocycles. The predicted molar refractivity (Wildman–Crippen MR) is 105 cm³/mol. The summed E-state index contributed by atoms with van der Waals surface area (Å²) in [6.45, 7) is 1.81. The highest BCUT2D eigenvalue weighted by molar-refractivity contribution is 5.94. The molecule has 0 atom stereocenters. The van der Waals surface area contributed by atoms with Crippen LogP contribution in [0.3, 0.4) is 0 Å². The molecule has 9 heteroatoms. The standard InChI is InChI=1S/C21H19F3N4O2/c1-2-30-16-10-8-15(9-11-16)27(13-5-12-25)19(29)14-28-18-7-4-3-6-17(18)26-20(28)21(22,23)24/h3-4,6-11H,2,5,13-14H2,1H3. The number of hydrogen-bond acceptors (Lipinski definition) is 4. The van der Waals surface area contributed by atoms with Crippen LogP contribution in [0, 0.1) is 11.3 Å². The Morgan fingerprint density at radius 1 is 1.20 bits per heavy atom. The van der Waals surface area contributed by atoms with Crippen molar-refractivity contribution in [3.05, 3.63) is 54.4 Å². The first kappa shape index (κ1) is 21.2. The molecule has 1 heterocycles. The van der Waals surface area contributed by atoms with E-state index in [9.17, 15) is 18.0 Å². The highest BCUT2D eigenvalue weighted by atomic mass is 19.4. The molecule has 0 bridgehead atoms. The normalized spacial score (nSPS) is 11.3. The van der Waals surface area contributed by atoms with E-state index in [2.05, 4.69) is 4.98 Å². The van der Waals surface area contributed by atoms with Gasteiger partial charge in [0.15, 0.2) is 0 Å². The summed E-state index contributed by atoms with van der Waals surface area (Å²) in [4.78, 5) is 18.0. The van der Waals surface area contributed by atoms with Crippen molar-refractivity contribution in [2.45, 2.75) is 26.1 Å². The molecule has 1 amide bonds. The van der Waals surface area contributed by atoms with E-state index in [1.54, 1.807) is 36.4 Å². The first-order valence-corrected chi connectivity index (χ1v) is 9.27. The van der Waals surface area contributed by atoms with Gasteiger partial charge < -0.3 is 14.2 Å². The van der Waals surface area contributed by atoms with Crippen molar-refractivity contribution in [3.8, 4) is 11.8 Å². The molecule has 3 aromatic rings. The summed E-state index contributed by atoms with van der Waals surface area (Å²) in [5.74, 6) is -1.11. The summed E-state index contributed by atoms with van der Waals surface area (Å²) in [6, 6.07) is 14.7. The van der Waals surface area contributed by atoms with E-state index in [1.165, 1.54) is 17.0 Å². The average Bonchev–Trinajstić information content (AvgIpc) is 3.09. The second-order valence-electron chi connectivity index (χ2n) is 6.39. The van der Waals surface area contributed by atoms with Gasteiger partial charge >= 0.3 is 6.18 Å². The van der Waals surface area contributed by atoms with Gasteiger partial charge in [0.05, 0.1) is 30.1 Å². The Morgan fingerprint density at radius 3 is 2.53 bits per heavy atom. The summed E-state index contributed by atoms with van der Waals surface area (Å²) >= 11 is 0. The maximum atomic E-state index is 13.5. The lowest BCUT2D eigenvalue weighted by Crippen LogP contribution is -2.35. The van der Waals surface area contributed by atoms with Crippen LogP contribution >= 0.6 is 0 Å². The third kappa shape index (κ3) is 4.54. The van der Waals surface area contributed by atoms with Gasteiger partial charge in [-0.05, 0) is 43.3 Å². The molecule has 2 aromatic carbocycles. The summed E-state index contributed by atoms with van der Waals surface area (Å²) in [7, 11) is 0. The number of carbonyl (C=O) groups excluding carboxylic acids is 1. The fourth-order valence-corrected chi connectivity index (χ4v) is 3.12. The molecule has 0 saturated carbocycles. The summed E-state index contributed by atoms with van der Waals surface area (Å²) in [6.07, 6.45) is -4.67. The Kier molecular flexibility index (Phi) is 6.26. The molecule has 0 fully saturated rings. The van der Waals surface area contributed by atoms with E-state index in [-0.39, 0.29) is 24.0 Å². The Balaban J connectivity index is 1.95. The number of aromatic nitrogens is 2. The van der Waals surface area contributed by atoms with Crippen LogP contribution in [0.4, 0.5) is 18.9 Å². The van der Waals surface area contributed by atoms with Gasteiger partial charge in [0.25, 0.3) is 0 Å². The largest absolute Gasteiger partial charge is 0.494 e. The average molecular weight is 416 g/mol. The number of benzene rings is 2. The van der Waals surface area contributed by atoms with Gasteiger partial charge in [-0.25, -0.2) is 4.98 Å². The molecule has 6 nitrogen and oxygen atoms in total. The molecular weight excluding hydrogens is 397 g/mol. The van der Waals surface area contributed by atoms with Crippen molar-refractivity contribution in [3.63, 3.8) is 0 Å². The molecule has 156 valence electrons. The van der Waals surface area contributed by atoms with Crippen molar-refractivity contribution < 1.29 is 22.7 Å². The number of carbonyl (C=O) groups is 1. The van der Waals surface area contributed by atoms with Crippen LogP contribution in [0.15, 0.2) is 48.5 Å². The quantitative estimate of drug-likeness (QED) is 0.572. The number of anilines is 1. The van der Waals surface area contributed by atoms with Gasteiger partial charge in [0.2, 0.25) is 11.7 Å². The summed E-state index contributed by atoms with van der Waals surface area (Å²) < 4.78 is 46.8. The Morgan fingerprint density at radius 2 is 1.90 bits per heavy atom. The fourth-order valence-electron chi connectivity index (χ4n) is 3.12. The van der Waals surface area contributed by atoms with Gasteiger partial charge in [-0.15, -0.1) is 0 Å². The van der Waals surface area contributed by atoms with Gasteiger partial charge in [-0.2, -0.15) is 18.4 Å². The van der Waals surface area contributed by atoms with Crippen molar-refractivity contribution >= 4 is 22.6 Å². The molecule has 3 rings (SSSR count). The second-order valence-corrected chi connectivity index (χ2v) is 6.39. The lowest BCUT2D eigenvalue weighted by Gasteiger charge is -2.23. The van der Waals surface area contributed by atoms with Crippen molar-refractivity contribution in [2.75, 3.05) is 18.1 Å². The van der Waals surface area contributed by atoms with Crippen LogP contribution in [0.25, 0.3) is 11.0 Å². The molecule has 0 spiro atoms. The van der Waals surface area contributed by atoms with Crippen LogP contribution in [0.5, 0.6) is 5.75 Å². The van der Waals surface area contributed by atoms with Crippen LogP contribution < -0.4 is 9.64 Å². The third-order valence-corrected chi connectivity index (χ3v) is 4.41. The number of halogens is 3. The van der Waals surface area contributed by atoms with Crippen LogP contribution in [-0.2, 0) is 17.5 Å². The van der Waals surface area contributed by atoms with Crippen molar-refractivity contribution in [2.24, 2.45) is 0 Å². The van der Waals surface area contributed by atoms with E-state index in [1.807, 2.05) is 13.0 Å². The SMILES string of the molecule is CCOc1ccc(N(CCC#N)C(=O)Cn2c(C(F)(F)F)nc3ccccc32)cc1. The number of amides is 1. The van der Waals surface area contributed by atoms with E-state index in [4.69, 9.17) is 10.00 Å². The number of para-hydroxylation sites is 2. The minimum Gasteiger partial charge on any atom is -0.494 e. The first-order chi connectivity index (χ1) is 14.3. The number of rotatable bonds is 7. The zero-order valence-electron chi connectivity index (χ0n) is 16.2. The number of alkyl halides is 3. The van der Waals surface area contributed by atoms with Crippen LogP contribution in [0.2, 0.25) is 0 Å². The summed E-state index contributed by atoms with van der Waals surface area (Å²) in [5.41, 5.74) is 0.837. The molecule has 0 N–H and O–H groups in total. The van der Waals surface area contributed by atoms with Crippen LogP contribution in [-0.4, -0.2) is 28.6 Å². The van der Waals surface area contributed by atoms with Gasteiger partial charge in [-0.1, -0.05) is 12.1 Å². The Labute approximate surface area is 171 Å². The molecule has 0 aliphatic rings. The molecule has 0 radical (unpaired) electrons. The number of nitriles is 1. The van der Waals surface area contributed by atoms with E-state index >= 15 is 0 Å². The van der Waals surface area contributed by atoms with E-state index in [0.29, 0.717) is 18.0 Å². The van der Waals surface area contributed by atoms with Crippen LogP contribution in [0.1, 0.15) is 19.2 Å². The van der Waals surface area contributed by atoms with Crippen molar-refractivity contribution in [1.82, 2.24) is 9.55 Å². The van der Waals surface area contributed by atoms with E-state index in [0.717, 1.165) is 4.57 Å². The smallest absolute Gasteiger partial charge is 0.449 e. The maximum absolute atomic E-state index is 13.5. The fraction of sp³-hybridized carbons (Fsp3) is 0.286. The summed E-state index contributed by atoms with van der Waals surface area (Å²) in [5, 5.41) is 8.93. The predicted octanol–water partition coefficient (Wildman–Crippen LogP) is 4.40. The Bertz CT molecular complexity index is 1070. The zero-order chi connectivity index (χ0) is 21.7. The lowest BCUT2D eigenvalue weighted by atomic mass is 10.2. The first-order valence-electron chi connectivity index (χ1n) is 9.27. The number of imidazole rings is 1. The lowest BCUT2D eigenvalue weighted by molar-refractivity contribution is -0.147. The maximum Gasteiger partial charge on any atom is 0.449 e. The number of hydrogen-bond donors (Lipinski definition) is 0. The van der Waals surface area contributed by atoms with Gasteiger partial charge in [-0.3, -0.25) is 4.79 Å². The number of nitrogens with zero attached hydrogens (tertiary/aromatic N) is 4. The second kappa shape index (κ2) is 8.86. The highest BCUT2D eigenvalue weighted by Gasteiger charge is 2.38. The molecule has 0 unspecified atom stereocenters. The minimum atomic E-state index is -4.71. The number of ether oxygens (including phenoxy) is 1. The van der Waals surface area contributed by atoms with Gasteiger partial charge in [0.1, 0.15) is 12.3 Å². The molecule has 0 aliphatic carbocycles. The third-order valence-electron chi connectivity index (χ3n) is 4.41.